The minimum Gasteiger partial charge on any atom is -0.353 e. The highest BCUT2D eigenvalue weighted by molar-refractivity contribution is 6.07. The molecule has 3 rings (SSSR count). The van der Waals surface area contributed by atoms with Gasteiger partial charge in [-0.1, -0.05) is 24.3 Å². The maximum absolute atomic E-state index is 5.98. The number of nitrogens with zero attached hydrogens (tertiary/aromatic N) is 1. The fourth-order valence-electron chi connectivity index (χ4n) is 2.16. The predicted molar refractivity (Wildman–Crippen MR) is 70.7 cm³/mol. The first kappa shape index (κ1) is 10.1. The summed E-state index contributed by atoms with van der Waals surface area (Å²) in [7, 11) is 0. The van der Waals surface area contributed by atoms with Crippen LogP contribution in [0.5, 0.6) is 0 Å². The highest BCUT2D eigenvalue weighted by atomic mass is 14.8. The lowest BCUT2D eigenvalue weighted by atomic mass is 10.1. The molecule has 2 heterocycles. The van der Waals surface area contributed by atoms with Gasteiger partial charge in [0.15, 0.2) is 0 Å². The number of pyridine rings is 1. The molecule has 3 nitrogen and oxygen atoms in total. The molecule has 1 atom stereocenters. The molecule has 0 aliphatic rings. The lowest BCUT2D eigenvalue weighted by Crippen LogP contribution is -2.09. The smallest absolute Gasteiger partial charge is 0.0850 e. The molecule has 0 fully saturated rings. The number of hydrogen-bond donors (Lipinski definition) is 2. The number of aromatic nitrogens is 2. The SMILES string of the molecule is C=CC(N)c1nccc2c1[nH]c1ccccc12. The second kappa shape index (κ2) is 3.71. The van der Waals surface area contributed by atoms with Crippen molar-refractivity contribution in [3.05, 3.63) is 54.9 Å². The number of para-hydroxylation sites is 1. The van der Waals surface area contributed by atoms with Crippen LogP contribution < -0.4 is 5.73 Å². The van der Waals surface area contributed by atoms with Crippen molar-refractivity contribution < 1.29 is 0 Å². The van der Waals surface area contributed by atoms with E-state index in [4.69, 9.17) is 5.73 Å². The van der Waals surface area contributed by atoms with E-state index in [0.29, 0.717) is 0 Å². The van der Waals surface area contributed by atoms with Gasteiger partial charge in [0.05, 0.1) is 17.3 Å². The molecular weight excluding hydrogens is 210 g/mol. The van der Waals surface area contributed by atoms with E-state index in [0.717, 1.165) is 22.1 Å². The van der Waals surface area contributed by atoms with Gasteiger partial charge >= 0.3 is 0 Å². The van der Waals surface area contributed by atoms with Crippen LogP contribution in [0.4, 0.5) is 0 Å². The zero-order valence-corrected chi connectivity index (χ0v) is 9.35. The Morgan fingerprint density at radius 2 is 2.06 bits per heavy atom. The van der Waals surface area contributed by atoms with Crippen molar-refractivity contribution >= 4 is 21.8 Å². The third-order valence-electron chi connectivity index (χ3n) is 3.03. The lowest BCUT2D eigenvalue weighted by Gasteiger charge is -2.06. The molecule has 1 unspecified atom stereocenters. The van der Waals surface area contributed by atoms with E-state index in [9.17, 15) is 0 Å². The number of aromatic amines is 1. The summed E-state index contributed by atoms with van der Waals surface area (Å²) in [4.78, 5) is 7.72. The van der Waals surface area contributed by atoms with Gasteiger partial charge in [-0.25, -0.2) is 0 Å². The Balaban J connectivity index is 2.43. The van der Waals surface area contributed by atoms with Crippen molar-refractivity contribution in [2.24, 2.45) is 5.73 Å². The molecule has 0 saturated carbocycles. The number of rotatable bonds is 2. The van der Waals surface area contributed by atoms with Gasteiger partial charge in [-0.15, -0.1) is 6.58 Å². The van der Waals surface area contributed by atoms with Gasteiger partial charge in [0.2, 0.25) is 0 Å². The second-order valence-corrected chi connectivity index (χ2v) is 4.05. The van der Waals surface area contributed by atoms with Gasteiger partial charge in [0.25, 0.3) is 0 Å². The Hall–Kier alpha value is -2.13. The lowest BCUT2D eigenvalue weighted by molar-refractivity contribution is 0.874. The van der Waals surface area contributed by atoms with Gasteiger partial charge in [-0.3, -0.25) is 4.98 Å². The summed E-state index contributed by atoms with van der Waals surface area (Å²) in [5.74, 6) is 0. The fourth-order valence-corrected chi connectivity index (χ4v) is 2.16. The number of benzene rings is 1. The summed E-state index contributed by atoms with van der Waals surface area (Å²) >= 11 is 0. The molecule has 2 aromatic heterocycles. The van der Waals surface area contributed by atoms with E-state index in [1.807, 2.05) is 18.2 Å². The summed E-state index contributed by atoms with van der Waals surface area (Å²) < 4.78 is 0. The normalized spacial score (nSPS) is 13.0. The Kier molecular flexibility index (Phi) is 2.20. The van der Waals surface area contributed by atoms with Crippen LogP contribution in [0.3, 0.4) is 0 Å². The van der Waals surface area contributed by atoms with Crippen LogP contribution in [-0.2, 0) is 0 Å². The largest absolute Gasteiger partial charge is 0.353 e. The highest BCUT2D eigenvalue weighted by Crippen LogP contribution is 2.28. The Morgan fingerprint density at radius 1 is 1.24 bits per heavy atom. The van der Waals surface area contributed by atoms with Crippen molar-refractivity contribution in [1.82, 2.24) is 9.97 Å². The van der Waals surface area contributed by atoms with Crippen LogP contribution in [0.2, 0.25) is 0 Å². The molecule has 0 aliphatic heterocycles. The summed E-state index contributed by atoms with van der Waals surface area (Å²) in [6.45, 7) is 3.72. The van der Waals surface area contributed by atoms with Crippen LogP contribution in [0.1, 0.15) is 11.7 Å². The molecule has 0 amide bonds. The first-order chi connectivity index (χ1) is 8.31. The first-order valence-electron chi connectivity index (χ1n) is 5.54. The molecule has 3 aromatic rings. The first-order valence-corrected chi connectivity index (χ1v) is 5.54. The Bertz CT molecular complexity index is 697. The van der Waals surface area contributed by atoms with Crippen molar-refractivity contribution in [1.29, 1.82) is 0 Å². The molecule has 3 N–H and O–H groups in total. The Morgan fingerprint density at radius 3 is 2.88 bits per heavy atom. The van der Waals surface area contributed by atoms with Gasteiger partial charge in [-0.05, 0) is 12.1 Å². The average molecular weight is 223 g/mol. The van der Waals surface area contributed by atoms with Gasteiger partial charge in [-0.2, -0.15) is 0 Å². The predicted octanol–water partition coefficient (Wildman–Crippen LogP) is 2.90. The van der Waals surface area contributed by atoms with Gasteiger partial charge < -0.3 is 10.7 Å². The number of nitrogens with one attached hydrogen (secondary N) is 1. The minimum absolute atomic E-state index is 0.244. The molecule has 84 valence electrons. The Labute approximate surface area is 99.0 Å². The summed E-state index contributed by atoms with van der Waals surface area (Å²) in [5, 5.41) is 2.35. The maximum atomic E-state index is 5.98. The average Bonchev–Trinajstić information content (AvgIpc) is 2.76. The maximum Gasteiger partial charge on any atom is 0.0850 e. The molecule has 0 bridgehead atoms. The summed E-state index contributed by atoms with van der Waals surface area (Å²) in [6, 6.07) is 9.96. The van der Waals surface area contributed by atoms with Crippen LogP contribution in [0.25, 0.3) is 21.8 Å². The topological polar surface area (TPSA) is 54.7 Å². The quantitative estimate of drug-likeness (QED) is 0.656. The standard InChI is InChI=1S/C14H13N3/c1-2-11(15)14-13-10(7-8-16-14)9-5-3-4-6-12(9)17-13/h2-8,11,17H,1,15H2. The van der Waals surface area contributed by atoms with E-state index in [1.54, 1.807) is 12.3 Å². The third kappa shape index (κ3) is 1.44. The van der Waals surface area contributed by atoms with E-state index in [-0.39, 0.29) is 6.04 Å². The zero-order chi connectivity index (χ0) is 11.8. The van der Waals surface area contributed by atoms with Gasteiger partial charge in [0.1, 0.15) is 0 Å². The summed E-state index contributed by atoms with van der Waals surface area (Å²) in [6.07, 6.45) is 3.49. The fraction of sp³-hybridized carbons (Fsp3) is 0.0714. The number of nitrogens with two attached hydrogens (primary N) is 1. The molecule has 0 radical (unpaired) electrons. The molecular formula is C14H13N3. The number of hydrogen-bond acceptors (Lipinski definition) is 2. The van der Waals surface area contributed by atoms with Crippen LogP contribution in [0.15, 0.2) is 49.2 Å². The van der Waals surface area contributed by atoms with E-state index in [2.05, 4.69) is 28.7 Å². The second-order valence-electron chi connectivity index (χ2n) is 4.05. The van der Waals surface area contributed by atoms with Crippen LogP contribution in [0, 0.1) is 0 Å². The molecule has 17 heavy (non-hydrogen) atoms. The van der Waals surface area contributed by atoms with Gasteiger partial charge in [0, 0.05) is 22.5 Å². The molecule has 1 aromatic carbocycles. The molecule has 3 heteroatoms. The summed E-state index contributed by atoms with van der Waals surface area (Å²) in [5.41, 5.74) is 8.93. The van der Waals surface area contributed by atoms with Crippen molar-refractivity contribution in [3.63, 3.8) is 0 Å². The van der Waals surface area contributed by atoms with E-state index < -0.39 is 0 Å². The highest BCUT2D eigenvalue weighted by Gasteiger charge is 2.11. The van der Waals surface area contributed by atoms with Crippen molar-refractivity contribution in [2.45, 2.75) is 6.04 Å². The number of H-pyrrole nitrogens is 1. The molecule has 0 aliphatic carbocycles. The molecule has 0 spiro atoms. The van der Waals surface area contributed by atoms with Crippen LogP contribution >= 0.6 is 0 Å². The zero-order valence-electron chi connectivity index (χ0n) is 9.35. The van der Waals surface area contributed by atoms with Crippen LogP contribution in [-0.4, -0.2) is 9.97 Å². The monoisotopic (exact) mass is 223 g/mol. The number of fused-ring (bicyclic) bond motifs is 3. The molecule has 0 saturated heterocycles. The van der Waals surface area contributed by atoms with Crippen molar-refractivity contribution in [2.75, 3.05) is 0 Å². The third-order valence-corrected chi connectivity index (χ3v) is 3.03. The van der Waals surface area contributed by atoms with E-state index >= 15 is 0 Å². The van der Waals surface area contributed by atoms with Crippen molar-refractivity contribution in [3.8, 4) is 0 Å². The van der Waals surface area contributed by atoms with E-state index in [1.165, 1.54) is 5.39 Å². The minimum atomic E-state index is -0.244.